The van der Waals surface area contributed by atoms with Crippen LogP contribution in [0.25, 0.3) is 0 Å². The molecule has 0 spiro atoms. The second-order valence-corrected chi connectivity index (χ2v) is 24.4. The number of halogens is 6. The molecule has 474 valence electrons. The quantitative estimate of drug-likeness (QED) is 0.0292. The van der Waals surface area contributed by atoms with E-state index >= 15 is 0 Å². The van der Waals surface area contributed by atoms with Crippen molar-refractivity contribution >= 4 is 35.0 Å². The second-order valence-electron chi connectivity index (χ2n) is 24.4. The van der Waals surface area contributed by atoms with Crippen LogP contribution in [0, 0.1) is 86.3 Å². The average Bonchev–Trinajstić information content (AvgIpc) is 1.77. The number of aromatic nitrogens is 2. The number of anilines is 2. The smallest absolute Gasteiger partial charge is 0.249 e. The molecule has 0 bridgehead atoms. The third-order valence-corrected chi connectivity index (χ3v) is 16.7. The number of rotatable bonds is 22. The van der Waals surface area contributed by atoms with Gasteiger partial charge in [-0.1, -0.05) is 41.5 Å². The van der Waals surface area contributed by atoms with Gasteiger partial charge >= 0.3 is 0 Å². The fraction of sp³-hybridized carbons (Fsp3) is 0.400. The molecule has 4 aromatic carbocycles. The molecule has 0 saturated heterocycles. The first kappa shape index (κ1) is 67.2. The molecular formula is C70H76F6N8O6. The predicted octanol–water partition coefficient (Wildman–Crippen LogP) is 9.89. The summed E-state index contributed by atoms with van der Waals surface area (Å²) >= 11 is 0. The highest BCUT2D eigenvalue weighted by Crippen LogP contribution is 2.42. The van der Waals surface area contributed by atoms with Crippen LogP contribution in [0.1, 0.15) is 121 Å². The molecule has 4 N–H and O–H groups in total. The van der Waals surface area contributed by atoms with E-state index in [9.17, 15) is 45.5 Å². The highest BCUT2D eigenvalue weighted by Gasteiger charge is 2.44. The van der Waals surface area contributed by atoms with Crippen molar-refractivity contribution in [1.29, 1.82) is 0 Å². The number of pyridine rings is 2. The summed E-state index contributed by atoms with van der Waals surface area (Å²) in [4.78, 5) is 69.6. The number of hydrogen-bond donors (Lipinski definition) is 4. The molecular weight excluding hydrogens is 1160 g/mol. The number of nitrogens with zero attached hydrogens (tertiary/aromatic N) is 4. The predicted molar refractivity (Wildman–Crippen MR) is 333 cm³/mol. The lowest BCUT2D eigenvalue weighted by Gasteiger charge is -2.28. The van der Waals surface area contributed by atoms with E-state index < -0.39 is 69.9 Å². The van der Waals surface area contributed by atoms with E-state index in [1.165, 1.54) is 0 Å². The second kappa shape index (κ2) is 28.4. The minimum Gasteiger partial charge on any atom is -0.481 e. The molecule has 4 heterocycles. The van der Waals surface area contributed by atoms with Crippen LogP contribution < -0.4 is 40.5 Å². The number of ether oxygens (including phenoxy) is 2. The van der Waals surface area contributed by atoms with Gasteiger partial charge in [-0.15, -0.1) is 0 Å². The molecule has 4 amide bonds. The van der Waals surface area contributed by atoms with E-state index in [1.807, 2.05) is 93.5 Å². The summed E-state index contributed by atoms with van der Waals surface area (Å²) in [6.07, 6.45) is 4.08. The van der Waals surface area contributed by atoms with Crippen molar-refractivity contribution in [2.45, 2.75) is 143 Å². The Labute approximate surface area is 522 Å². The van der Waals surface area contributed by atoms with E-state index in [1.54, 1.807) is 48.4 Å². The van der Waals surface area contributed by atoms with Gasteiger partial charge in [0.1, 0.15) is 48.4 Å². The Kier molecular flexibility index (Phi) is 21.2. The minimum atomic E-state index is -1.30. The van der Waals surface area contributed by atoms with E-state index in [2.05, 4.69) is 54.9 Å². The molecule has 14 nitrogen and oxygen atoms in total. The molecule has 8 rings (SSSR count). The van der Waals surface area contributed by atoms with Gasteiger partial charge in [0, 0.05) is 74.1 Å². The molecule has 0 aliphatic carbocycles. The van der Waals surface area contributed by atoms with Crippen molar-refractivity contribution in [3.05, 3.63) is 175 Å². The maximum absolute atomic E-state index is 14.9. The zero-order chi connectivity index (χ0) is 65.5. The molecule has 4 atom stereocenters. The summed E-state index contributed by atoms with van der Waals surface area (Å²) < 4.78 is 97.4. The van der Waals surface area contributed by atoms with Gasteiger partial charge in [0.2, 0.25) is 23.6 Å². The Morgan fingerprint density at radius 2 is 0.867 bits per heavy atom. The third-order valence-electron chi connectivity index (χ3n) is 16.7. The Morgan fingerprint density at radius 3 is 1.20 bits per heavy atom. The standard InChI is InChI=1S/C70H76F6N8O6/c1-13-57(77-11)65(85)81-59(67(87)83-37-69(7,8)63-61(83)27-43(35-79-63)25-45-29-53(73)55(75)33-51(45)71)31-49-39(3)21-47(22-40(49)4)89-19-17-15-16-18-20-90-48-23-41(5)50(42(6)24-48)32-60(82-66(86)58(14-2)78-12)68(88)84-38-70(9,10)64-62(84)28-44(36-80-64)26-46-30-54(74)56(76)34-52(46)72/h21-24,27-30,33-36,57-60,77-78H,13-14,19-20,25-26,31-32,37-38H2,1-12H3,(H,81,85)(H,82,86)/t57-,58-,59-,60-/m0/s1. The molecule has 0 radical (unpaired) electrons. The van der Waals surface area contributed by atoms with Crippen LogP contribution in [-0.2, 0) is 55.7 Å². The van der Waals surface area contributed by atoms with Crippen LogP contribution in [0.4, 0.5) is 37.7 Å². The molecule has 2 aromatic heterocycles. The SMILES string of the molecule is CC[C@H](NC)C(=O)N[C@@H](Cc1c(C)cc(OCC#CC#CCOc2cc(C)c(C[C@H](NC(=O)[C@H](CC)NC)C(=O)N3CC(C)(C)c4ncc(Cc5cc(F)c(F)cc5F)cc43)c(C)c2)cc1C)C(=O)N1CC(C)(C)c2ncc(Cc3cc(F)c(F)cc3F)cc21. The van der Waals surface area contributed by atoms with E-state index in [0.29, 0.717) is 70.4 Å². The molecule has 2 aliphatic rings. The van der Waals surface area contributed by atoms with Gasteiger partial charge in [-0.25, -0.2) is 26.3 Å². The molecule has 20 heteroatoms. The van der Waals surface area contributed by atoms with Crippen molar-refractivity contribution in [3.8, 4) is 35.2 Å². The van der Waals surface area contributed by atoms with Gasteiger partial charge in [-0.3, -0.25) is 29.1 Å². The van der Waals surface area contributed by atoms with Crippen molar-refractivity contribution in [2.24, 2.45) is 0 Å². The highest BCUT2D eigenvalue weighted by molar-refractivity contribution is 6.03. The summed E-state index contributed by atoms with van der Waals surface area (Å²) in [5.41, 5.74) is 6.68. The van der Waals surface area contributed by atoms with Gasteiger partial charge < -0.3 is 40.5 Å². The van der Waals surface area contributed by atoms with E-state index in [-0.39, 0.29) is 86.7 Å². The molecule has 0 saturated carbocycles. The van der Waals surface area contributed by atoms with Gasteiger partial charge in [0.25, 0.3) is 0 Å². The van der Waals surface area contributed by atoms with Crippen LogP contribution in [0.5, 0.6) is 11.5 Å². The summed E-state index contributed by atoms with van der Waals surface area (Å²) in [6.45, 7) is 19.6. The maximum atomic E-state index is 14.9. The van der Waals surface area contributed by atoms with E-state index in [4.69, 9.17) is 9.47 Å². The molecule has 0 unspecified atom stereocenters. The third kappa shape index (κ3) is 15.3. The number of aryl methyl sites for hydroxylation is 4. The lowest BCUT2D eigenvalue weighted by atomic mass is 9.91. The van der Waals surface area contributed by atoms with Gasteiger partial charge in [-0.2, -0.15) is 0 Å². The van der Waals surface area contributed by atoms with Crippen LogP contribution in [0.15, 0.2) is 73.1 Å². The van der Waals surface area contributed by atoms with Crippen LogP contribution in [0.2, 0.25) is 0 Å². The van der Waals surface area contributed by atoms with Gasteiger partial charge in [-0.05, 0) is 182 Å². The highest BCUT2D eigenvalue weighted by atomic mass is 19.2. The molecule has 0 fully saturated rings. The van der Waals surface area contributed by atoms with Crippen molar-refractivity contribution < 1.29 is 55.0 Å². The van der Waals surface area contributed by atoms with Crippen molar-refractivity contribution in [1.82, 2.24) is 31.2 Å². The Morgan fingerprint density at radius 1 is 0.522 bits per heavy atom. The summed E-state index contributed by atoms with van der Waals surface area (Å²) in [5.74, 6) is 4.23. The van der Waals surface area contributed by atoms with Crippen molar-refractivity contribution in [2.75, 3.05) is 50.2 Å². The lowest BCUT2D eigenvalue weighted by Crippen LogP contribution is -2.54. The number of hydrogen-bond acceptors (Lipinski definition) is 10. The summed E-state index contributed by atoms with van der Waals surface area (Å²) in [7, 11) is 3.34. The summed E-state index contributed by atoms with van der Waals surface area (Å²) in [5, 5.41) is 12.0. The largest absolute Gasteiger partial charge is 0.481 e. The topological polar surface area (TPSA) is 167 Å². The van der Waals surface area contributed by atoms with Crippen LogP contribution >= 0.6 is 0 Å². The minimum absolute atomic E-state index is 0.00907. The maximum Gasteiger partial charge on any atom is 0.249 e. The number of carbonyl (C=O) groups is 4. The van der Waals surface area contributed by atoms with Crippen molar-refractivity contribution in [3.63, 3.8) is 0 Å². The molecule has 90 heavy (non-hydrogen) atoms. The van der Waals surface area contributed by atoms with Gasteiger partial charge in [0.15, 0.2) is 23.3 Å². The number of benzene rings is 4. The van der Waals surface area contributed by atoms with Crippen LogP contribution in [-0.4, -0.2) is 98.2 Å². The van der Waals surface area contributed by atoms with Crippen LogP contribution in [0.3, 0.4) is 0 Å². The molecule has 6 aromatic rings. The first-order valence-electron chi connectivity index (χ1n) is 29.9. The number of amides is 4. The fourth-order valence-electron chi connectivity index (χ4n) is 11.9. The first-order chi connectivity index (χ1) is 42.7. The zero-order valence-corrected chi connectivity index (χ0v) is 52.8. The number of carbonyl (C=O) groups excluding carboxylic acids is 4. The Hall–Kier alpha value is -8.72. The Bertz CT molecular complexity index is 3590. The van der Waals surface area contributed by atoms with Gasteiger partial charge in [0.05, 0.1) is 34.8 Å². The normalized spacial score (nSPS) is 14.9. The lowest BCUT2D eigenvalue weighted by molar-refractivity contribution is -0.128. The average molecular weight is 1240 g/mol. The number of likely N-dealkylation sites (N-methyl/N-ethyl adjacent to an activating group) is 2. The monoisotopic (exact) mass is 1240 g/mol. The number of nitrogens with one attached hydrogen (secondary N) is 4. The fourth-order valence-corrected chi connectivity index (χ4v) is 11.9. The first-order valence-corrected chi connectivity index (χ1v) is 29.9. The Balaban J connectivity index is 0.913. The zero-order valence-electron chi connectivity index (χ0n) is 52.8. The molecule has 2 aliphatic heterocycles. The van der Waals surface area contributed by atoms with E-state index in [0.717, 1.165) is 45.5 Å². The summed E-state index contributed by atoms with van der Waals surface area (Å²) in [6, 6.07) is 10.2. The number of fused-ring (bicyclic) bond motifs is 2.